The third kappa shape index (κ3) is 4.75. The van der Waals surface area contributed by atoms with E-state index in [0.29, 0.717) is 19.6 Å². The predicted octanol–water partition coefficient (Wildman–Crippen LogP) is 4.00. The van der Waals surface area contributed by atoms with E-state index in [4.69, 9.17) is 15.2 Å². The Hall–Kier alpha value is -3.06. The maximum Gasteiger partial charge on any atom is 0.252 e. The van der Waals surface area contributed by atoms with Gasteiger partial charge in [-0.3, -0.25) is 4.79 Å². The van der Waals surface area contributed by atoms with Crippen LogP contribution in [0.4, 0.5) is 4.39 Å². The SMILES string of the molecule is N[C@H]1C[C@H](C(=O)N2CCc3ccccc3[C@@H]2c2ccc(F)cc2)OC[C@@H]1OCc1ccccc1. The van der Waals surface area contributed by atoms with Crippen molar-refractivity contribution in [3.8, 4) is 0 Å². The molecule has 0 aromatic heterocycles. The topological polar surface area (TPSA) is 64.8 Å². The number of carbonyl (C=O) groups is 1. The minimum Gasteiger partial charge on any atom is -0.370 e. The van der Waals surface area contributed by atoms with Gasteiger partial charge in [0.2, 0.25) is 0 Å². The van der Waals surface area contributed by atoms with E-state index in [2.05, 4.69) is 6.07 Å². The molecule has 176 valence electrons. The van der Waals surface area contributed by atoms with E-state index in [-0.39, 0.29) is 36.5 Å². The second-order valence-corrected chi connectivity index (χ2v) is 8.99. The molecule has 1 fully saturated rings. The maximum atomic E-state index is 13.7. The molecule has 3 aromatic carbocycles. The summed E-state index contributed by atoms with van der Waals surface area (Å²) in [6.07, 6.45) is 0.271. The van der Waals surface area contributed by atoms with E-state index in [1.54, 1.807) is 12.1 Å². The number of rotatable bonds is 5. The monoisotopic (exact) mass is 460 g/mol. The number of hydrogen-bond acceptors (Lipinski definition) is 4. The summed E-state index contributed by atoms with van der Waals surface area (Å²) < 4.78 is 25.6. The van der Waals surface area contributed by atoms with Crippen LogP contribution in [0, 0.1) is 5.82 Å². The molecule has 0 unspecified atom stereocenters. The lowest BCUT2D eigenvalue weighted by Gasteiger charge is -2.41. The van der Waals surface area contributed by atoms with Gasteiger partial charge in [0.1, 0.15) is 11.9 Å². The first-order valence-corrected chi connectivity index (χ1v) is 11.8. The molecular weight excluding hydrogens is 431 g/mol. The van der Waals surface area contributed by atoms with E-state index in [9.17, 15) is 9.18 Å². The van der Waals surface area contributed by atoms with Crippen molar-refractivity contribution < 1.29 is 18.7 Å². The van der Waals surface area contributed by atoms with Crippen molar-refractivity contribution in [2.75, 3.05) is 13.2 Å². The first kappa shape index (κ1) is 22.7. The molecule has 0 bridgehead atoms. The Balaban J connectivity index is 1.31. The van der Waals surface area contributed by atoms with Gasteiger partial charge in [0, 0.05) is 19.0 Å². The molecule has 5 nitrogen and oxygen atoms in total. The third-order valence-electron chi connectivity index (χ3n) is 6.76. The fourth-order valence-electron chi connectivity index (χ4n) is 4.92. The van der Waals surface area contributed by atoms with Crippen molar-refractivity contribution >= 4 is 5.91 Å². The van der Waals surface area contributed by atoms with Crippen LogP contribution in [0.3, 0.4) is 0 Å². The van der Waals surface area contributed by atoms with E-state index >= 15 is 0 Å². The van der Waals surface area contributed by atoms with E-state index in [0.717, 1.165) is 23.1 Å². The molecule has 6 heteroatoms. The molecule has 2 heterocycles. The quantitative estimate of drug-likeness (QED) is 0.625. The van der Waals surface area contributed by atoms with Crippen LogP contribution >= 0.6 is 0 Å². The Bertz CT molecular complexity index is 1120. The van der Waals surface area contributed by atoms with Gasteiger partial charge in [-0.1, -0.05) is 66.7 Å². The summed E-state index contributed by atoms with van der Waals surface area (Å²) in [5.41, 5.74) is 10.6. The lowest BCUT2D eigenvalue weighted by Crippen LogP contribution is -2.54. The number of nitrogens with two attached hydrogens (primary N) is 1. The van der Waals surface area contributed by atoms with E-state index in [1.807, 2.05) is 53.4 Å². The highest BCUT2D eigenvalue weighted by Gasteiger charge is 2.39. The highest BCUT2D eigenvalue weighted by molar-refractivity contribution is 5.82. The second-order valence-electron chi connectivity index (χ2n) is 8.99. The van der Waals surface area contributed by atoms with Crippen molar-refractivity contribution in [3.05, 3.63) is 107 Å². The van der Waals surface area contributed by atoms with Gasteiger partial charge in [0.15, 0.2) is 0 Å². The molecule has 2 aliphatic heterocycles. The summed E-state index contributed by atoms with van der Waals surface area (Å²) >= 11 is 0. The molecule has 2 aliphatic rings. The van der Waals surface area contributed by atoms with Gasteiger partial charge in [-0.2, -0.15) is 0 Å². The molecule has 0 saturated carbocycles. The minimum absolute atomic E-state index is 0.0826. The van der Waals surface area contributed by atoms with Crippen LogP contribution in [-0.4, -0.2) is 42.2 Å². The van der Waals surface area contributed by atoms with Crippen molar-refractivity contribution in [2.45, 2.75) is 43.7 Å². The average molecular weight is 461 g/mol. The Labute approximate surface area is 199 Å². The van der Waals surface area contributed by atoms with Crippen LogP contribution in [0.1, 0.15) is 34.7 Å². The number of amides is 1. The third-order valence-corrected chi connectivity index (χ3v) is 6.76. The lowest BCUT2D eigenvalue weighted by molar-refractivity contribution is -0.158. The van der Waals surface area contributed by atoms with Gasteiger partial charge in [-0.05, 0) is 40.8 Å². The number of benzene rings is 3. The zero-order valence-electron chi connectivity index (χ0n) is 19.0. The van der Waals surface area contributed by atoms with Gasteiger partial charge in [-0.25, -0.2) is 4.39 Å². The minimum atomic E-state index is -0.625. The molecule has 4 atom stereocenters. The zero-order chi connectivity index (χ0) is 23.5. The summed E-state index contributed by atoms with van der Waals surface area (Å²) in [7, 11) is 0. The summed E-state index contributed by atoms with van der Waals surface area (Å²) in [6.45, 7) is 1.30. The molecule has 1 saturated heterocycles. The smallest absolute Gasteiger partial charge is 0.252 e. The first-order valence-electron chi connectivity index (χ1n) is 11.8. The fraction of sp³-hybridized carbons (Fsp3) is 0.321. The largest absolute Gasteiger partial charge is 0.370 e. The predicted molar refractivity (Wildman–Crippen MR) is 127 cm³/mol. The standard InChI is InChI=1S/C28H29FN2O3/c29-22-12-10-21(11-13-22)27-23-9-5-4-8-20(23)14-15-31(27)28(32)25-16-24(30)26(18-34-25)33-17-19-6-2-1-3-7-19/h1-13,24-27H,14-18,30H2/t24-,25+,26-,27-/m0/s1. The van der Waals surface area contributed by atoms with Gasteiger partial charge >= 0.3 is 0 Å². The Morgan fingerprint density at radius 3 is 2.53 bits per heavy atom. The maximum absolute atomic E-state index is 13.7. The number of fused-ring (bicyclic) bond motifs is 1. The second kappa shape index (κ2) is 10.1. The molecule has 2 N–H and O–H groups in total. The molecular formula is C28H29FN2O3. The summed E-state index contributed by atoms with van der Waals surface area (Å²) in [5, 5.41) is 0. The highest BCUT2D eigenvalue weighted by Crippen LogP contribution is 2.36. The number of halogens is 1. The fourth-order valence-corrected chi connectivity index (χ4v) is 4.92. The molecule has 1 amide bonds. The zero-order valence-corrected chi connectivity index (χ0v) is 19.0. The normalized spacial score (nSPS) is 24.5. The number of nitrogens with zero attached hydrogens (tertiary/aromatic N) is 1. The highest BCUT2D eigenvalue weighted by atomic mass is 19.1. The van der Waals surface area contributed by atoms with Crippen molar-refractivity contribution in [3.63, 3.8) is 0 Å². The van der Waals surface area contributed by atoms with Crippen LogP contribution in [0.5, 0.6) is 0 Å². The number of ether oxygens (including phenoxy) is 2. The molecule has 0 aliphatic carbocycles. The number of carbonyl (C=O) groups excluding carboxylic acids is 1. The molecule has 3 aromatic rings. The molecule has 34 heavy (non-hydrogen) atoms. The van der Waals surface area contributed by atoms with Gasteiger partial charge in [0.25, 0.3) is 5.91 Å². The van der Waals surface area contributed by atoms with Gasteiger partial charge in [0.05, 0.1) is 25.4 Å². The molecule has 0 radical (unpaired) electrons. The molecule has 0 spiro atoms. The molecule has 5 rings (SSSR count). The van der Waals surface area contributed by atoms with Crippen molar-refractivity contribution in [1.82, 2.24) is 4.90 Å². The summed E-state index contributed by atoms with van der Waals surface area (Å²) in [5.74, 6) is -0.380. The summed E-state index contributed by atoms with van der Waals surface area (Å²) in [6, 6.07) is 23.8. The first-order chi connectivity index (χ1) is 16.6. The van der Waals surface area contributed by atoms with Gasteiger partial charge < -0.3 is 20.1 Å². The summed E-state index contributed by atoms with van der Waals surface area (Å²) in [4.78, 5) is 15.5. The average Bonchev–Trinajstić information content (AvgIpc) is 2.88. The Morgan fingerprint density at radius 2 is 1.76 bits per heavy atom. The van der Waals surface area contributed by atoms with E-state index < -0.39 is 6.10 Å². The van der Waals surface area contributed by atoms with Gasteiger partial charge in [-0.15, -0.1) is 0 Å². The van der Waals surface area contributed by atoms with Crippen LogP contribution < -0.4 is 5.73 Å². The Kier molecular flexibility index (Phi) is 6.72. The van der Waals surface area contributed by atoms with Crippen molar-refractivity contribution in [2.24, 2.45) is 5.73 Å². The van der Waals surface area contributed by atoms with Crippen LogP contribution in [0.25, 0.3) is 0 Å². The van der Waals surface area contributed by atoms with Crippen LogP contribution in [0.2, 0.25) is 0 Å². The van der Waals surface area contributed by atoms with Crippen molar-refractivity contribution in [1.29, 1.82) is 0 Å². The number of hydrogen-bond donors (Lipinski definition) is 1. The van der Waals surface area contributed by atoms with Crippen LogP contribution in [0.15, 0.2) is 78.9 Å². The Morgan fingerprint density at radius 1 is 1.03 bits per heavy atom. The lowest BCUT2D eigenvalue weighted by atomic mass is 9.87. The van der Waals surface area contributed by atoms with Crippen LogP contribution in [-0.2, 0) is 27.3 Å². The van der Waals surface area contributed by atoms with E-state index in [1.165, 1.54) is 17.7 Å².